The second-order valence-electron chi connectivity index (χ2n) is 11.2. The number of aliphatic hydroxyl groups is 1. The number of aromatic nitrogens is 5. The van der Waals surface area contributed by atoms with Crippen LogP contribution in [-0.4, -0.2) is 68.1 Å². The number of ether oxygens (including phenoxy) is 2. The Labute approximate surface area is 251 Å². The summed E-state index contributed by atoms with van der Waals surface area (Å²) in [7, 11) is 1.39. The van der Waals surface area contributed by atoms with Crippen LogP contribution in [0.1, 0.15) is 44.8 Å². The number of carbonyl (C=O) groups is 1. The Morgan fingerprint density at radius 1 is 1.33 bits per heavy atom. The number of hydrogen-bond donors (Lipinski definition) is 3. The molecule has 5 rings (SSSR count). The third-order valence-corrected chi connectivity index (χ3v) is 7.95. The molecule has 0 aliphatic carbocycles. The zero-order chi connectivity index (χ0) is 30.9. The standard InChI is InChI=1S/C29H33ClFN7O5/c1-16(26(40)34-22(13-39)17-7-19(31)10-20(8-17)42-4)37-15-33-38-12-18(9-23(38)27(37)41)25-21(30)11-32-28(36-25)35-24-5-6-43-14-29(24,2)3/h7-12,15-16,22,24,39H,5-6,13-14H2,1-4H3,(H,34,40)(H,32,35,36)/t16?,22-,24?/m1/s1. The van der Waals surface area contributed by atoms with Crippen molar-refractivity contribution in [1.82, 2.24) is 29.5 Å². The van der Waals surface area contributed by atoms with Crippen molar-refractivity contribution in [3.63, 3.8) is 0 Å². The lowest BCUT2D eigenvalue weighted by atomic mass is 9.82. The van der Waals surface area contributed by atoms with Crippen molar-refractivity contribution in [2.75, 3.05) is 32.2 Å². The molecule has 12 nitrogen and oxygen atoms in total. The topological polar surface area (TPSA) is 145 Å². The van der Waals surface area contributed by atoms with Crippen LogP contribution >= 0.6 is 11.6 Å². The largest absolute Gasteiger partial charge is 0.497 e. The van der Waals surface area contributed by atoms with Crippen molar-refractivity contribution < 1.29 is 23.8 Å². The number of aliphatic hydroxyl groups excluding tert-OH is 1. The van der Waals surface area contributed by atoms with Crippen LogP contribution in [0.15, 0.2) is 47.8 Å². The normalized spacial score (nSPS) is 17.8. The molecule has 14 heteroatoms. The van der Waals surface area contributed by atoms with E-state index in [-0.39, 0.29) is 22.7 Å². The first-order valence-electron chi connectivity index (χ1n) is 13.7. The summed E-state index contributed by atoms with van der Waals surface area (Å²) in [5.74, 6) is -0.513. The van der Waals surface area contributed by atoms with E-state index < -0.39 is 36.0 Å². The number of nitrogens with one attached hydrogen (secondary N) is 2. The van der Waals surface area contributed by atoms with E-state index in [9.17, 15) is 19.1 Å². The summed E-state index contributed by atoms with van der Waals surface area (Å²) in [6.45, 7) is 6.51. The number of nitrogens with zero attached hydrogens (tertiary/aromatic N) is 5. The van der Waals surface area contributed by atoms with Gasteiger partial charge in [-0.05, 0) is 37.1 Å². The summed E-state index contributed by atoms with van der Waals surface area (Å²) in [5, 5.41) is 20.6. The Hall–Kier alpha value is -4.07. The minimum absolute atomic E-state index is 0.0956. The van der Waals surface area contributed by atoms with E-state index in [4.69, 9.17) is 21.1 Å². The number of fused-ring (bicyclic) bond motifs is 1. The molecule has 0 spiro atoms. The molecule has 3 atom stereocenters. The molecule has 228 valence electrons. The highest BCUT2D eigenvalue weighted by atomic mass is 35.5. The molecule has 4 aromatic rings. The van der Waals surface area contributed by atoms with Gasteiger partial charge in [-0.1, -0.05) is 25.4 Å². The van der Waals surface area contributed by atoms with Gasteiger partial charge >= 0.3 is 0 Å². The van der Waals surface area contributed by atoms with E-state index in [2.05, 4.69) is 39.5 Å². The second kappa shape index (κ2) is 12.3. The summed E-state index contributed by atoms with van der Waals surface area (Å²) in [6, 6.07) is 3.66. The number of halogens is 2. The molecule has 4 heterocycles. The Kier molecular flexibility index (Phi) is 8.67. The summed E-state index contributed by atoms with van der Waals surface area (Å²) in [5.41, 5.74) is 0.868. The fourth-order valence-electron chi connectivity index (χ4n) is 5.06. The lowest BCUT2D eigenvalue weighted by Crippen LogP contribution is -2.44. The number of carbonyl (C=O) groups excluding carboxylic acids is 1. The first-order chi connectivity index (χ1) is 20.5. The highest BCUT2D eigenvalue weighted by Crippen LogP contribution is 2.32. The maximum absolute atomic E-state index is 14.0. The fraction of sp³-hybridized carbons (Fsp3) is 0.414. The van der Waals surface area contributed by atoms with Gasteiger partial charge < -0.3 is 25.2 Å². The summed E-state index contributed by atoms with van der Waals surface area (Å²) in [4.78, 5) is 35.6. The predicted molar refractivity (Wildman–Crippen MR) is 158 cm³/mol. The molecule has 3 aromatic heterocycles. The lowest BCUT2D eigenvalue weighted by Gasteiger charge is -2.38. The van der Waals surface area contributed by atoms with Crippen molar-refractivity contribution in [3.05, 3.63) is 69.7 Å². The third-order valence-electron chi connectivity index (χ3n) is 7.67. The van der Waals surface area contributed by atoms with Crippen LogP contribution < -0.4 is 20.9 Å². The molecule has 1 aliphatic heterocycles. The van der Waals surface area contributed by atoms with E-state index in [1.807, 2.05) is 0 Å². The van der Waals surface area contributed by atoms with Crippen LogP contribution in [0, 0.1) is 11.2 Å². The van der Waals surface area contributed by atoms with Gasteiger partial charge in [-0.25, -0.2) is 18.9 Å². The predicted octanol–water partition coefficient (Wildman–Crippen LogP) is 3.39. The second-order valence-corrected chi connectivity index (χ2v) is 11.6. The van der Waals surface area contributed by atoms with Crippen LogP contribution in [0.25, 0.3) is 16.8 Å². The SMILES string of the molecule is COc1cc(F)cc([C@@H](CO)NC(=O)C(C)n2cnn3cc(-c4nc(NC5CCOCC5(C)C)ncc4Cl)cc3c2=O)c1. The maximum atomic E-state index is 14.0. The van der Waals surface area contributed by atoms with Gasteiger partial charge in [-0.3, -0.25) is 14.2 Å². The number of methoxy groups -OCH3 is 1. The molecule has 2 unspecified atom stereocenters. The minimum atomic E-state index is -1.01. The molecule has 1 saturated heterocycles. The Morgan fingerprint density at radius 2 is 2.12 bits per heavy atom. The molecule has 43 heavy (non-hydrogen) atoms. The van der Waals surface area contributed by atoms with Gasteiger partial charge in [0.25, 0.3) is 5.56 Å². The maximum Gasteiger partial charge on any atom is 0.278 e. The molecule has 0 saturated carbocycles. The summed E-state index contributed by atoms with van der Waals surface area (Å²) < 4.78 is 27.3. The highest BCUT2D eigenvalue weighted by molar-refractivity contribution is 6.32. The Bertz CT molecular complexity index is 1710. The van der Waals surface area contributed by atoms with Crippen LogP contribution in [0.5, 0.6) is 5.75 Å². The van der Waals surface area contributed by atoms with Gasteiger partial charge in [-0.2, -0.15) is 5.10 Å². The van der Waals surface area contributed by atoms with Crippen LogP contribution in [0.3, 0.4) is 0 Å². The van der Waals surface area contributed by atoms with E-state index in [0.717, 1.165) is 6.42 Å². The van der Waals surface area contributed by atoms with Crippen molar-refractivity contribution in [2.45, 2.75) is 45.3 Å². The smallest absolute Gasteiger partial charge is 0.278 e. The molecule has 1 amide bonds. The Balaban J connectivity index is 1.39. The number of rotatable bonds is 9. The molecule has 0 bridgehead atoms. The summed E-state index contributed by atoms with van der Waals surface area (Å²) >= 11 is 6.47. The van der Waals surface area contributed by atoms with Gasteiger partial charge in [0.05, 0.1) is 43.3 Å². The zero-order valence-electron chi connectivity index (χ0n) is 24.2. The number of amides is 1. The van der Waals surface area contributed by atoms with Gasteiger partial charge in [0.15, 0.2) is 0 Å². The van der Waals surface area contributed by atoms with Crippen molar-refractivity contribution in [2.24, 2.45) is 5.41 Å². The average Bonchev–Trinajstić information content (AvgIpc) is 3.42. The van der Waals surface area contributed by atoms with E-state index in [0.29, 0.717) is 41.0 Å². The first kappa shape index (κ1) is 30.4. The average molecular weight is 614 g/mol. The molecular formula is C29H33ClFN7O5. The first-order valence-corrected chi connectivity index (χ1v) is 14.1. The van der Waals surface area contributed by atoms with E-state index in [1.165, 1.54) is 53.8 Å². The van der Waals surface area contributed by atoms with Crippen molar-refractivity contribution in [1.29, 1.82) is 0 Å². The van der Waals surface area contributed by atoms with E-state index in [1.54, 1.807) is 12.3 Å². The van der Waals surface area contributed by atoms with Crippen molar-refractivity contribution >= 4 is 29.0 Å². The lowest BCUT2D eigenvalue weighted by molar-refractivity contribution is -0.125. The monoisotopic (exact) mass is 613 g/mol. The Morgan fingerprint density at radius 3 is 2.84 bits per heavy atom. The molecule has 3 N–H and O–H groups in total. The highest BCUT2D eigenvalue weighted by Gasteiger charge is 2.33. The number of benzene rings is 1. The molecule has 1 aliphatic rings. The van der Waals surface area contributed by atoms with Gasteiger partial charge in [0.1, 0.15) is 29.5 Å². The minimum Gasteiger partial charge on any atom is -0.497 e. The quantitative estimate of drug-likeness (QED) is 0.259. The van der Waals surface area contributed by atoms with Crippen molar-refractivity contribution in [3.8, 4) is 17.0 Å². The number of anilines is 1. The molecule has 1 fully saturated rings. The van der Waals surface area contributed by atoms with Crippen LogP contribution in [-0.2, 0) is 9.53 Å². The summed E-state index contributed by atoms with van der Waals surface area (Å²) in [6.07, 6.45) is 5.19. The van der Waals surface area contributed by atoms with Gasteiger partial charge in [0, 0.05) is 35.9 Å². The zero-order valence-corrected chi connectivity index (χ0v) is 24.9. The van der Waals surface area contributed by atoms with Crippen LogP contribution in [0.2, 0.25) is 5.02 Å². The fourth-order valence-corrected chi connectivity index (χ4v) is 5.26. The number of hydrogen-bond acceptors (Lipinski definition) is 9. The third kappa shape index (κ3) is 6.33. The molecule has 0 radical (unpaired) electrons. The van der Waals surface area contributed by atoms with Gasteiger partial charge in [0.2, 0.25) is 11.9 Å². The molecular weight excluding hydrogens is 581 g/mol. The van der Waals surface area contributed by atoms with E-state index >= 15 is 0 Å². The van der Waals surface area contributed by atoms with Gasteiger partial charge in [-0.15, -0.1) is 0 Å². The molecule has 1 aromatic carbocycles. The van der Waals surface area contributed by atoms with Crippen LogP contribution in [0.4, 0.5) is 10.3 Å².